The molecule has 1 N–H and O–H groups in total. The van der Waals surface area contributed by atoms with Gasteiger partial charge in [-0.05, 0) is 75.1 Å². The van der Waals surface area contributed by atoms with Crippen molar-refractivity contribution < 1.29 is 13.2 Å². The van der Waals surface area contributed by atoms with E-state index in [0.29, 0.717) is 29.1 Å². The molecule has 0 spiro atoms. The van der Waals surface area contributed by atoms with Crippen LogP contribution >= 0.6 is 0 Å². The molecular formula is C17H25NO3S. The number of hydrogen-bond acceptors (Lipinski definition) is 3. The topological polar surface area (TPSA) is 55.4 Å². The molecule has 2 aliphatic rings. The Hall–Kier alpha value is -1.07. The molecule has 5 heteroatoms. The third-order valence-electron chi connectivity index (χ3n) is 5.22. The Labute approximate surface area is 133 Å². The van der Waals surface area contributed by atoms with Crippen LogP contribution in [0.2, 0.25) is 0 Å². The molecule has 122 valence electrons. The lowest BCUT2D eigenvalue weighted by Crippen LogP contribution is -2.40. The molecule has 4 atom stereocenters. The lowest BCUT2D eigenvalue weighted by atomic mass is 9.84. The zero-order valence-corrected chi connectivity index (χ0v) is 14.1. The molecule has 0 heterocycles. The first-order valence-corrected chi connectivity index (χ1v) is 9.73. The minimum Gasteiger partial charge on any atom is -0.494 e. The summed E-state index contributed by atoms with van der Waals surface area (Å²) in [6, 6.07) is 6.65. The zero-order chi connectivity index (χ0) is 15.7. The van der Waals surface area contributed by atoms with Crippen LogP contribution in [0.5, 0.6) is 5.75 Å². The predicted molar refractivity (Wildman–Crippen MR) is 86.3 cm³/mol. The Morgan fingerprint density at radius 1 is 1.23 bits per heavy atom. The van der Waals surface area contributed by atoms with Crippen LogP contribution in [0.15, 0.2) is 29.2 Å². The van der Waals surface area contributed by atoms with Crippen molar-refractivity contribution in [1.82, 2.24) is 4.72 Å². The van der Waals surface area contributed by atoms with Gasteiger partial charge in [-0.1, -0.05) is 6.42 Å². The summed E-state index contributed by atoms with van der Waals surface area (Å²) in [5.74, 6) is 2.73. The standard InChI is InChI=1S/C17H25NO3S/c1-3-21-15-6-8-16(9-7-15)22(19,20)18-12(2)17-11-13-4-5-14(17)10-13/h6-9,12-14,17-18H,3-5,10-11H2,1-2H3. The molecule has 0 aromatic heterocycles. The van der Waals surface area contributed by atoms with Crippen molar-refractivity contribution in [3.05, 3.63) is 24.3 Å². The highest BCUT2D eigenvalue weighted by Gasteiger charge is 2.42. The molecule has 0 aliphatic heterocycles. The molecule has 2 aliphatic carbocycles. The van der Waals surface area contributed by atoms with Crippen molar-refractivity contribution in [2.24, 2.45) is 17.8 Å². The van der Waals surface area contributed by atoms with Gasteiger partial charge in [0.05, 0.1) is 11.5 Å². The number of fused-ring (bicyclic) bond motifs is 2. The van der Waals surface area contributed by atoms with Crippen LogP contribution in [0.4, 0.5) is 0 Å². The fourth-order valence-corrected chi connectivity index (χ4v) is 5.48. The maximum atomic E-state index is 12.5. The van der Waals surface area contributed by atoms with Gasteiger partial charge in [0.1, 0.15) is 5.75 Å². The van der Waals surface area contributed by atoms with E-state index < -0.39 is 10.0 Å². The highest BCUT2D eigenvalue weighted by molar-refractivity contribution is 7.89. The van der Waals surface area contributed by atoms with Gasteiger partial charge in [-0.25, -0.2) is 13.1 Å². The molecule has 2 fully saturated rings. The molecule has 2 bridgehead atoms. The number of nitrogens with one attached hydrogen (secondary N) is 1. The largest absolute Gasteiger partial charge is 0.494 e. The Morgan fingerprint density at radius 3 is 2.50 bits per heavy atom. The lowest BCUT2D eigenvalue weighted by Gasteiger charge is -2.28. The maximum Gasteiger partial charge on any atom is 0.240 e. The molecule has 3 rings (SSSR count). The van der Waals surface area contributed by atoms with Crippen LogP contribution in [0.25, 0.3) is 0 Å². The summed E-state index contributed by atoms with van der Waals surface area (Å²) in [5.41, 5.74) is 0. The number of benzene rings is 1. The predicted octanol–water partition coefficient (Wildman–Crippen LogP) is 3.19. The van der Waals surface area contributed by atoms with Crippen molar-refractivity contribution in [3.63, 3.8) is 0 Å². The van der Waals surface area contributed by atoms with Gasteiger partial charge in [-0.3, -0.25) is 0 Å². The fraction of sp³-hybridized carbons (Fsp3) is 0.647. The summed E-state index contributed by atoms with van der Waals surface area (Å²) < 4.78 is 33.3. The van der Waals surface area contributed by atoms with E-state index in [2.05, 4.69) is 4.72 Å². The summed E-state index contributed by atoms with van der Waals surface area (Å²) in [6.07, 6.45) is 5.07. The summed E-state index contributed by atoms with van der Waals surface area (Å²) in [7, 11) is -3.45. The third kappa shape index (κ3) is 3.15. The second-order valence-corrected chi connectivity index (χ2v) is 8.37. The summed E-state index contributed by atoms with van der Waals surface area (Å²) in [6.45, 7) is 4.49. The molecule has 4 unspecified atom stereocenters. The average molecular weight is 323 g/mol. The van der Waals surface area contributed by atoms with Crippen LogP contribution in [0.1, 0.15) is 39.5 Å². The first-order valence-electron chi connectivity index (χ1n) is 8.25. The van der Waals surface area contributed by atoms with E-state index in [1.54, 1.807) is 24.3 Å². The molecule has 4 nitrogen and oxygen atoms in total. The van der Waals surface area contributed by atoms with Gasteiger partial charge in [-0.2, -0.15) is 0 Å². The lowest BCUT2D eigenvalue weighted by molar-refractivity contribution is 0.280. The van der Waals surface area contributed by atoms with Crippen LogP contribution in [0.3, 0.4) is 0 Å². The quantitative estimate of drug-likeness (QED) is 0.875. The third-order valence-corrected chi connectivity index (χ3v) is 6.80. The Morgan fingerprint density at radius 2 is 1.95 bits per heavy atom. The molecule has 22 heavy (non-hydrogen) atoms. The Kier molecular flexibility index (Phi) is 4.46. The normalized spacial score (nSPS) is 28.7. The number of hydrogen-bond donors (Lipinski definition) is 1. The van der Waals surface area contributed by atoms with Gasteiger partial charge in [0, 0.05) is 6.04 Å². The van der Waals surface area contributed by atoms with Crippen LogP contribution in [-0.4, -0.2) is 21.1 Å². The molecule has 2 saturated carbocycles. The summed E-state index contributed by atoms with van der Waals surface area (Å²) in [5, 5.41) is 0. The summed E-state index contributed by atoms with van der Waals surface area (Å²) >= 11 is 0. The molecule has 0 saturated heterocycles. The van der Waals surface area contributed by atoms with Crippen LogP contribution in [0, 0.1) is 17.8 Å². The van der Waals surface area contributed by atoms with E-state index in [-0.39, 0.29) is 6.04 Å². The molecule has 1 aromatic carbocycles. The minimum absolute atomic E-state index is 0.00636. The fourth-order valence-electron chi connectivity index (χ4n) is 4.19. The number of ether oxygens (including phenoxy) is 1. The monoisotopic (exact) mass is 323 g/mol. The van der Waals surface area contributed by atoms with E-state index >= 15 is 0 Å². The van der Waals surface area contributed by atoms with Crippen molar-refractivity contribution in [1.29, 1.82) is 0 Å². The van der Waals surface area contributed by atoms with Gasteiger partial charge in [-0.15, -0.1) is 0 Å². The average Bonchev–Trinajstić information content (AvgIpc) is 3.10. The van der Waals surface area contributed by atoms with Crippen LogP contribution < -0.4 is 9.46 Å². The number of sulfonamides is 1. The van der Waals surface area contributed by atoms with E-state index in [9.17, 15) is 8.42 Å². The van der Waals surface area contributed by atoms with E-state index in [0.717, 1.165) is 5.92 Å². The van der Waals surface area contributed by atoms with Crippen molar-refractivity contribution in [2.75, 3.05) is 6.61 Å². The first-order chi connectivity index (χ1) is 10.5. The first kappa shape index (κ1) is 15.8. The van der Waals surface area contributed by atoms with E-state index in [4.69, 9.17) is 4.74 Å². The maximum absolute atomic E-state index is 12.5. The SMILES string of the molecule is CCOc1ccc(S(=O)(=O)NC(C)C2CC3CCC2C3)cc1. The summed E-state index contributed by atoms with van der Waals surface area (Å²) in [4.78, 5) is 0.311. The van der Waals surface area contributed by atoms with Gasteiger partial charge in [0.15, 0.2) is 0 Å². The minimum atomic E-state index is -3.45. The highest BCUT2D eigenvalue weighted by atomic mass is 32.2. The van der Waals surface area contributed by atoms with Crippen molar-refractivity contribution >= 4 is 10.0 Å². The second-order valence-electron chi connectivity index (χ2n) is 6.65. The Bertz CT molecular complexity index is 611. The molecule has 0 radical (unpaired) electrons. The van der Waals surface area contributed by atoms with E-state index in [1.165, 1.54) is 25.7 Å². The van der Waals surface area contributed by atoms with Gasteiger partial charge in [0.2, 0.25) is 10.0 Å². The molecular weight excluding hydrogens is 298 g/mol. The smallest absolute Gasteiger partial charge is 0.240 e. The van der Waals surface area contributed by atoms with Crippen molar-refractivity contribution in [3.8, 4) is 5.75 Å². The van der Waals surface area contributed by atoms with Gasteiger partial charge >= 0.3 is 0 Å². The van der Waals surface area contributed by atoms with E-state index in [1.807, 2.05) is 13.8 Å². The van der Waals surface area contributed by atoms with Crippen molar-refractivity contribution in [2.45, 2.75) is 50.5 Å². The van der Waals surface area contributed by atoms with Crippen LogP contribution in [-0.2, 0) is 10.0 Å². The highest BCUT2D eigenvalue weighted by Crippen LogP contribution is 2.49. The van der Waals surface area contributed by atoms with Gasteiger partial charge in [0.25, 0.3) is 0 Å². The molecule has 1 aromatic rings. The molecule has 0 amide bonds. The van der Waals surface area contributed by atoms with Gasteiger partial charge < -0.3 is 4.74 Å². The number of rotatable bonds is 6. The Balaban J connectivity index is 1.67. The second kappa shape index (κ2) is 6.20. The zero-order valence-electron chi connectivity index (χ0n) is 13.3.